The zero-order chi connectivity index (χ0) is 11.0. The SMILES string of the molecule is Cc1cc(C(=O)O)c2c(Br)cccc2n1. The van der Waals surface area contributed by atoms with Gasteiger partial charge in [0.1, 0.15) is 0 Å². The fourth-order valence-electron chi connectivity index (χ4n) is 1.54. The molecule has 0 amide bonds. The summed E-state index contributed by atoms with van der Waals surface area (Å²) < 4.78 is 0.755. The molecule has 2 aromatic rings. The number of benzene rings is 1. The molecule has 3 nitrogen and oxygen atoms in total. The smallest absolute Gasteiger partial charge is 0.336 e. The molecule has 0 bridgehead atoms. The Hall–Kier alpha value is -1.42. The van der Waals surface area contributed by atoms with Gasteiger partial charge in [-0.25, -0.2) is 4.79 Å². The van der Waals surface area contributed by atoms with Crippen LogP contribution in [0, 0.1) is 6.92 Å². The minimum Gasteiger partial charge on any atom is -0.478 e. The molecular formula is C11H8BrNO2. The third-order valence-corrected chi connectivity index (χ3v) is 2.80. The van der Waals surface area contributed by atoms with Crippen LogP contribution in [-0.2, 0) is 0 Å². The van der Waals surface area contributed by atoms with Crippen molar-refractivity contribution in [2.75, 3.05) is 0 Å². The minimum atomic E-state index is -0.933. The first kappa shape index (κ1) is 10.1. The summed E-state index contributed by atoms with van der Waals surface area (Å²) in [5.74, 6) is -0.933. The molecule has 0 unspecified atom stereocenters. The lowest BCUT2D eigenvalue weighted by Crippen LogP contribution is -2.00. The van der Waals surface area contributed by atoms with Crippen molar-refractivity contribution < 1.29 is 9.90 Å². The summed E-state index contributed by atoms with van der Waals surface area (Å²) in [7, 11) is 0. The molecule has 0 radical (unpaired) electrons. The number of aromatic nitrogens is 1. The van der Waals surface area contributed by atoms with Gasteiger partial charge in [-0.3, -0.25) is 4.98 Å². The molecular weight excluding hydrogens is 258 g/mol. The second-order valence-corrected chi connectivity index (χ2v) is 4.10. The van der Waals surface area contributed by atoms with Crippen molar-refractivity contribution in [2.24, 2.45) is 0 Å². The Morgan fingerprint density at radius 3 is 2.87 bits per heavy atom. The molecule has 1 aromatic heterocycles. The van der Waals surface area contributed by atoms with E-state index in [4.69, 9.17) is 5.11 Å². The number of aromatic carboxylic acids is 1. The highest BCUT2D eigenvalue weighted by molar-refractivity contribution is 9.10. The van der Waals surface area contributed by atoms with Crippen LogP contribution >= 0.6 is 15.9 Å². The Morgan fingerprint density at radius 2 is 2.20 bits per heavy atom. The van der Waals surface area contributed by atoms with Gasteiger partial charge in [-0.05, 0) is 25.1 Å². The fourth-order valence-corrected chi connectivity index (χ4v) is 2.11. The summed E-state index contributed by atoms with van der Waals surface area (Å²) in [4.78, 5) is 15.4. The van der Waals surface area contributed by atoms with E-state index in [0.29, 0.717) is 16.6 Å². The Labute approximate surface area is 94.9 Å². The molecule has 1 heterocycles. The van der Waals surface area contributed by atoms with Gasteiger partial charge in [-0.2, -0.15) is 0 Å². The highest BCUT2D eigenvalue weighted by Gasteiger charge is 2.12. The molecule has 1 N–H and O–H groups in total. The van der Waals surface area contributed by atoms with Crippen LogP contribution in [0.15, 0.2) is 28.7 Å². The molecule has 0 saturated carbocycles. The van der Waals surface area contributed by atoms with Crippen molar-refractivity contribution >= 4 is 32.8 Å². The number of rotatable bonds is 1. The van der Waals surface area contributed by atoms with Crippen LogP contribution in [0.5, 0.6) is 0 Å². The zero-order valence-electron chi connectivity index (χ0n) is 7.99. The normalized spacial score (nSPS) is 10.5. The lowest BCUT2D eigenvalue weighted by atomic mass is 10.1. The topological polar surface area (TPSA) is 50.2 Å². The van der Waals surface area contributed by atoms with Crippen LogP contribution in [0.2, 0.25) is 0 Å². The van der Waals surface area contributed by atoms with Crippen molar-refractivity contribution in [1.82, 2.24) is 4.98 Å². The lowest BCUT2D eigenvalue weighted by molar-refractivity contribution is 0.0699. The standard InChI is InChI=1S/C11H8BrNO2/c1-6-5-7(11(14)15)10-8(12)3-2-4-9(10)13-6/h2-5H,1H3,(H,14,15). The molecule has 2 rings (SSSR count). The van der Waals surface area contributed by atoms with Gasteiger partial charge in [0.25, 0.3) is 0 Å². The van der Waals surface area contributed by atoms with E-state index in [9.17, 15) is 4.79 Å². The number of pyridine rings is 1. The van der Waals surface area contributed by atoms with E-state index in [1.807, 2.05) is 12.1 Å². The molecule has 15 heavy (non-hydrogen) atoms. The van der Waals surface area contributed by atoms with Crippen molar-refractivity contribution in [3.8, 4) is 0 Å². The number of carboxylic acids is 1. The van der Waals surface area contributed by atoms with E-state index >= 15 is 0 Å². The maximum atomic E-state index is 11.1. The van der Waals surface area contributed by atoms with Crippen LogP contribution in [0.1, 0.15) is 16.1 Å². The first-order chi connectivity index (χ1) is 7.09. The van der Waals surface area contributed by atoms with Gasteiger partial charge in [-0.15, -0.1) is 0 Å². The van der Waals surface area contributed by atoms with E-state index in [0.717, 1.165) is 4.47 Å². The monoisotopic (exact) mass is 265 g/mol. The van der Waals surface area contributed by atoms with Crippen LogP contribution in [-0.4, -0.2) is 16.1 Å². The quantitative estimate of drug-likeness (QED) is 0.863. The minimum absolute atomic E-state index is 0.282. The average molecular weight is 266 g/mol. The van der Waals surface area contributed by atoms with Crippen LogP contribution in [0.25, 0.3) is 10.9 Å². The Morgan fingerprint density at radius 1 is 1.47 bits per heavy atom. The summed E-state index contributed by atoms with van der Waals surface area (Å²) in [5.41, 5.74) is 1.68. The van der Waals surface area contributed by atoms with Crippen LogP contribution < -0.4 is 0 Å². The van der Waals surface area contributed by atoms with Gasteiger partial charge in [0.15, 0.2) is 0 Å². The van der Waals surface area contributed by atoms with Gasteiger partial charge in [0.05, 0.1) is 11.1 Å². The Balaban J connectivity index is 2.94. The number of carboxylic acid groups (broad SMARTS) is 1. The van der Waals surface area contributed by atoms with Gasteiger partial charge >= 0.3 is 5.97 Å². The van der Waals surface area contributed by atoms with E-state index in [2.05, 4.69) is 20.9 Å². The molecule has 0 aliphatic rings. The predicted octanol–water partition coefficient (Wildman–Crippen LogP) is 3.00. The maximum Gasteiger partial charge on any atom is 0.336 e. The lowest BCUT2D eigenvalue weighted by Gasteiger charge is -2.05. The fraction of sp³-hybridized carbons (Fsp3) is 0.0909. The first-order valence-corrected chi connectivity index (χ1v) is 5.18. The number of nitrogens with zero attached hydrogens (tertiary/aromatic N) is 1. The van der Waals surface area contributed by atoms with Crippen molar-refractivity contribution in [3.63, 3.8) is 0 Å². The van der Waals surface area contributed by atoms with E-state index < -0.39 is 5.97 Å². The van der Waals surface area contributed by atoms with Gasteiger partial charge in [0, 0.05) is 15.6 Å². The number of fused-ring (bicyclic) bond motifs is 1. The molecule has 0 fully saturated rings. The summed E-state index contributed by atoms with van der Waals surface area (Å²) in [6.07, 6.45) is 0. The van der Waals surface area contributed by atoms with Crippen LogP contribution in [0.3, 0.4) is 0 Å². The molecule has 4 heteroatoms. The number of aryl methyl sites for hydroxylation is 1. The van der Waals surface area contributed by atoms with E-state index in [1.165, 1.54) is 0 Å². The van der Waals surface area contributed by atoms with Gasteiger partial charge in [-0.1, -0.05) is 22.0 Å². The largest absolute Gasteiger partial charge is 0.478 e. The third kappa shape index (κ3) is 1.72. The number of hydrogen-bond donors (Lipinski definition) is 1. The Kier molecular flexibility index (Phi) is 2.44. The number of carbonyl (C=O) groups is 1. The molecule has 1 aromatic carbocycles. The number of halogens is 1. The number of hydrogen-bond acceptors (Lipinski definition) is 2. The van der Waals surface area contributed by atoms with Crippen molar-refractivity contribution in [1.29, 1.82) is 0 Å². The predicted molar refractivity (Wildman–Crippen MR) is 61.1 cm³/mol. The summed E-state index contributed by atoms with van der Waals surface area (Å²) in [5, 5.41) is 9.73. The Bertz CT molecular complexity index is 552. The summed E-state index contributed by atoms with van der Waals surface area (Å²) in [6.45, 7) is 1.78. The molecule has 0 spiro atoms. The van der Waals surface area contributed by atoms with E-state index in [-0.39, 0.29) is 5.56 Å². The first-order valence-electron chi connectivity index (χ1n) is 4.39. The molecule has 0 atom stereocenters. The van der Waals surface area contributed by atoms with Gasteiger partial charge in [0.2, 0.25) is 0 Å². The van der Waals surface area contributed by atoms with Crippen LogP contribution in [0.4, 0.5) is 0 Å². The zero-order valence-corrected chi connectivity index (χ0v) is 9.58. The molecule has 0 saturated heterocycles. The summed E-state index contributed by atoms with van der Waals surface area (Å²) >= 11 is 3.34. The molecule has 0 aliphatic carbocycles. The maximum absolute atomic E-state index is 11.1. The van der Waals surface area contributed by atoms with Crippen molar-refractivity contribution in [2.45, 2.75) is 6.92 Å². The average Bonchev–Trinajstić information content (AvgIpc) is 2.16. The summed E-state index contributed by atoms with van der Waals surface area (Å²) in [6, 6.07) is 7.03. The third-order valence-electron chi connectivity index (χ3n) is 2.14. The molecule has 0 aliphatic heterocycles. The van der Waals surface area contributed by atoms with E-state index in [1.54, 1.807) is 19.1 Å². The van der Waals surface area contributed by atoms with Crippen molar-refractivity contribution in [3.05, 3.63) is 40.0 Å². The highest BCUT2D eigenvalue weighted by atomic mass is 79.9. The van der Waals surface area contributed by atoms with Gasteiger partial charge < -0.3 is 5.11 Å². The second-order valence-electron chi connectivity index (χ2n) is 3.25. The molecule has 76 valence electrons. The highest BCUT2D eigenvalue weighted by Crippen LogP contribution is 2.26. The second kappa shape index (κ2) is 3.62.